The summed E-state index contributed by atoms with van der Waals surface area (Å²) in [5, 5.41) is 0.659. The number of rotatable bonds is 7. The summed E-state index contributed by atoms with van der Waals surface area (Å²) < 4.78 is 11.3. The maximum absolute atomic E-state index is 11.1. The number of halogens is 1. The molecule has 0 radical (unpaired) electrons. The van der Waals surface area contributed by atoms with Crippen LogP contribution in [0.2, 0.25) is 5.02 Å². The summed E-state index contributed by atoms with van der Waals surface area (Å²) in [6.45, 7) is 3.02. The summed E-state index contributed by atoms with van der Waals surface area (Å²) >= 11 is 5.94. The van der Waals surface area contributed by atoms with Crippen molar-refractivity contribution < 1.29 is 14.3 Å². The van der Waals surface area contributed by atoms with E-state index in [2.05, 4.69) is 0 Å². The minimum Gasteiger partial charge on any atom is -0.493 e. The summed E-state index contributed by atoms with van der Waals surface area (Å²) in [5.74, 6) is 1.21. The van der Waals surface area contributed by atoms with E-state index < -0.39 is 0 Å². The molecule has 0 N–H and O–H groups in total. The van der Waals surface area contributed by atoms with Crippen LogP contribution < -0.4 is 9.47 Å². The summed E-state index contributed by atoms with van der Waals surface area (Å²) in [6.07, 6.45) is 1.70. The SMILES string of the molecule is CCCOc1ccc(C=O)c(OCc2cccc(Cl)c2)c1. The lowest BCUT2D eigenvalue weighted by Gasteiger charge is -2.11. The van der Waals surface area contributed by atoms with Gasteiger partial charge in [0.15, 0.2) is 6.29 Å². The average Bonchev–Trinajstić information content (AvgIpc) is 2.51. The van der Waals surface area contributed by atoms with Crippen molar-refractivity contribution in [1.29, 1.82) is 0 Å². The van der Waals surface area contributed by atoms with Crippen LogP contribution in [0.5, 0.6) is 11.5 Å². The highest BCUT2D eigenvalue weighted by atomic mass is 35.5. The zero-order chi connectivity index (χ0) is 15.1. The third-order valence-electron chi connectivity index (χ3n) is 2.87. The van der Waals surface area contributed by atoms with Gasteiger partial charge in [0.1, 0.15) is 18.1 Å². The molecule has 110 valence electrons. The number of carbonyl (C=O) groups is 1. The first-order valence-corrected chi connectivity index (χ1v) is 7.20. The van der Waals surface area contributed by atoms with Gasteiger partial charge in [0.05, 0.1) is 12.2 Å². The van der Waals surface area contributed by atoms with Crippen molar-refractivity contribution in [3.63, 3.8) is 0 Å². The molecule has 2 aromatic carbocycles. The van der Waals surface area contributed by atoms with Gasteiger partial charge in [-0.1, -0.05) is 30.7 Å². The largest absolute Gasteiger partial charge is 0.493 e. The van der Waals surface area contributed by atoms with Crippen LogP contribution in [0.3, 0.4) is 0 Å². The highest BCUT2D eigenvalue weighted by Gasteiger charge is 2.06. The van der Waals surface area contributed by atoms with Crippen LogP contribution >= 0.6 is 11.6 Å². The second-order valence-corrected chi connectivity index (χ2v) is 5.02. The summed E-state index contributed by atoms with van der Waals surface area (Å²) in [4.78, 5) is 11.1. The molecule has 0 saturated carbocycles. The lowest BCUT2D eigenvalue weighted by Crippen LogP contribution is -2.00. The van der Waals surface area contributed by atoms with Gasteiger partial charge < -0.3 is 9.47 Å². The number of carbonyl (C=O) groups excluding carboxylic acids is 1. The van der Waals surface area contributed by atoms with E-state index >= 15 is 0 Å². The Morgan fingerprint density at radius 3 is 2.71 bits per heavy atom. The van der Waals surface area contributed by atoms with Crippen molar-refractivity contribution >= 4 is 17.9 Å². The van der Waals surface area contributed by atoms with Gasteiger partial charge in [-0.25, -0.2) is 0 Å². The molecule has 0 saturated heterocycles. The number of benzene rings is 2. The van der Waals surface area contributed by atoms with Gasteiger partial charge in [0, 0.05) is 11.1 Å². The molecule has 0 unspecified atom stereocenters. The molecule has 0 amide bonds. The number of hydrogen-bond acceptors (Lipinski definition) is 3. The quantitative estimate of drug-likeness (QED) is 0.705. The third-order valence-corrected chi connectivity index (χ3v) is 3.10. The third kappa shape index (κ3) is 4.50. The fraction of sp³-hybridized carbons (Fsp3) is 0.235. The summed E-state index contributed by atoms with van der Waals surface area (Å²) in [7, 11) is 0. The molecule has 0 fully saturated rings. The molecule has 3 nitrogen and oxygen atoms in total. The fourth-order valence-corrected chi connectivity index (χ4v) is 2.05. The van der Waals surface area contributed by atoms with E-state index in [0.29, 0.717) is 35.3 Å². The van der Waals surface area contributed by atoms with Gasteiger partial charge in [-0.05, 0) is 36.2 Å². The van der Waals surface area contributed by atoms with Crippen LogP contribution in [0.4, 0.5) is 0 Å². The van der Waals surface area contributed by atoms with Crippen molar-refractivity contribution in [2.24, 2.45) is 0 Å². The predicted octanol–water partition coefficient (Wildman–Crippen LogP) is 4.52. The first-order valence-electron chi connectivity index (χ1n) is 6.82. The minimum absolute atomic E-state index is 0.346. The summed E-state index contributed by atoms with van der Waals surface area (Å²) in [6, 6.07) is 12.6. The van der Waals surface area contributed by atoms with E-state index in [1.165, 1.54) is 0 Å². The highest BCUT2D eigenvalue weighted by Crippen LogP contribution is 2.25. The molecular formula is C17H17ClO3. The van der Waals surface area contributed by atoms with Gasteiger partial charge in [0.2, 0.25) is 0 Å². The molecule has 2 rings (SSSR count). The molecule has 0 spiro atoms. The summed E-state index contributed by atoms with van der Waals surface area (Å²) in [5.41, 5.74) is 1.44. The van der Waals surface area contributed by atoms with Crippen molar-refractivity contribution in [3.05, 3.63) is 58.6 Å². The van der Waals surface area contributed by atoms with E-state index in [1.807, 2.05) is 25.1 Å². The molecule has 0 aromatic heterocycles. The van der Waals surface area contributed by atoms with E-state index in [1.54, 1.807) is 24.3 Å². The monoisotopic (exact) mass is 304 g/mol. The maximum Gasteiger partial charge on any atom is 0.153 e. The van der Waals surface area contributed by atoms with Gasteiger partial charge in [-0.2, -0.15) is 0 Å². The van der Waals surface area contributed by atoms with Crippen molar-refractivity contribution in [2.45, 2.75) is 20.0 Å². The van der Waals surface area contributed by atoms with Crippen molar-refractivity contribution in [1.82, 2.24) is 0 Å². The first-order chi connectivity index (χ1) is 10.2. The Hall–Kier alpha value is -2.00. The second-order valence-electron chi connectivity index (χ2n) is 4.58. The molecule has 0 bridgehead atoms. The Morgan fingerprint density at radius 2 is 2.00 bits per heavy atom. The Balaban J connectivity index is 2.11. The Kier molecular flexibility index (Phi) is 5.64. The lowest BCUT2D eigenvalue weighted by molar-refractivity contribution is 0.111. The molecule has 21 heavy (non-hydrogen) atoms. The number of aldehydes is 1. The first kappa shape index (κ1) is 15.4. The van der Waals surface area contributed by atoms with Crippen LogP contribution in [0.25, 0.3) is 0 Å². The fourth-order valence-electron chi connectivity index (χ4n) is 1.83. The molecule has 0 atom stereocenters. The Bertz CT molecular complexity index is 611. The molecule has 2 aromatic rings. The van der Waals surface area contributed by atoms with Crippen LogP contribution in [-0.2, 0) is 6.61 Å². The lowest BCUT2D eigenvalue weighted by atomic mass is 10.2. The molecular weight excluding hydrogens is 288 g/mol. The van der Waals surface area contributed by atoms with E-state index in [9.17, 15) is 4.79 Å². The zero-order valence-electron chi connectivity index (χ0n) is 11.8. The van der Waals surface area contributed by atoms with Crippen LogP contribution in [0.1, 0.15) is 29.3 Å². The van der Waals surface area contributed by atoms with Gasteiger partial charge in [-0.15, -0.1) is 0 Å². The standard InChI is InChI=1S/C17H17ClO3/c1-2-8-20-16-7-6-14(11-19)17(10-16)21-12-13-4-3-5-15(18)9-13/h3-7,9-11H,2,8,12H2,1H3. The van der Waals surface area contributed by atoms with Gasteiger partial charge in [-0.3, -0.25) is 4.79 Å². The molecule has 4 heteroatoms. The Morgan fingerprint density at radius 1 is 1.14 bits per heavy atom. The second kappa shape index (κ2) is 7.70. The van der Waals surface area contributed by atoms with Crippen molar-refractivity contribution in [2.75, 3.05) is 6.61 Å². The average molecular weight is 305 g/mol. The van der Waals surface area contributed by atoms with Gasteiger partial charge >= 0.3 is 0 Å². The smallest absolute Gasteiger partial charge is 0.153 e. The van der Waals surface area contributed by atoms with Crippen LogP contribution in [0.15, 0.2) is 42.5 Å². The van der Waals surface area contributed by atoms with E-state index in [4.69, 9.17) is 21.1 Å². The van der Waals surface area contributed by atoms with Crippen molar-refractivity contribution in [3.8, 4) is 11.5 Å². The normalized spacial score (nSPS) is 10.2. The highest BCUT2D eigenvalue weighted by molar-refractivity contribution is 6.30. The molecule has 0 aliphatic heterocycles. The number of ether oxygens (including phenoxy) is 2. The molecule has 0 aliphatic rings. The van der Waals surface area contributed by atoms with Crippen LogP contribution in [0, 0.1) is 0 Å². The Labute approximate surface area is 129 Å². The molecule has 0 aliphatic carbocycles. The maximum atomic E-state index is 11.1. The van der Waals surface area contributed by atoms with E-state index in [0.717, 1.165) is 18.3 Å². The predicted molar refractivity (Wildman–Crippen MR) is 83.4 cm³/mol. The zero-order valence-corrected chi connectivity index (χ0v) is 12.6. The molecule has 0 heterocycles. The van der Waals surface area contributed by atoms with Crippen LogP contribution in [-0.4, -0.2) is 12.9 Å². The minimum atomic E-state index is 0.346. The number of hydrogen-bond donors (Lipinski definition) is 0. The topological polar surface area (TPSA) is 35.5 Å². The van der Waals surface area contributed by atoms with E-state index in [-0.39, 0.29) is 0 Å². The van der Waals surface area contributed by atoms with Gasteiger partial charge in [0.25, 0.3) is 0 Å².